The number of imidazole rings is 2. The lowest BCUT2D eigenvalue weighted by Crippen LogP contribution is -1.84. The van der Waals surface area contributed by atoms with Crippen molar-refractivity contribution in [3.63, 3.8) is 0 Å². The molecular weight excluding hydrogens is 314 g/mol. The molecule has 0 unspecified atom stereocenters. The van der Waals surface area contributed by atoms with E-state index < -0.39 is 0 Å². The highest BCUT2D eigenvalue weighted by Crippen LogP contribution is 2.31. The maximum Gasteiger partial charge on any atom is 0.249 e. The van der Waals surface area contributed by atoms with Crippen LogP contribution in [0.25, 0.3) is 22.8 Å². The van der Waals surface area contributed by atoms with Crippen molar-refractivity contribution in [1.82, 2.24) is 24.5 Å². The summed E-state index contributed by atoms with van der Waals surface area (Å²) in [5.41, 5.74) is 2.52. The Labute approximate surface area is 144 Å². The van der Waals surface area contributed by atoms with Gasteiger partial charge in [-0.2, -0.15) is 0 Å². The summed E-state index contributed by atoms with van der Waals surface area (Å²) in [7, 11) is 1.86. The molecule has 0 amide bonds. The molecular formula is C18H15N7. The first-order valence-electron chi connectivity index (χ1n) is 7.77. The number of benzene rings is 1. The van der Waals surface area contributed by atoms with E-state index in [4.69, 9.17) is 0 Å². The number of aromatic amines is 1. The first-order valence-corrected chi connectivity index (χ1v) is 7.77. The van der Waals surface area contributed by atoms with Crippen molar-refractivity contribution in [1.29, 1.82) is 0 Å². The van der Waals surface area contributed by atoms with E-state index >= 15 is 0 Å². The fourth-order valence-electron chi connectivity index (χ4n) is 2.41. The van der Waals surface area contributed by atoms with Gasteiger partial charge in [-0.1, -0.05) is 36.4 Å². The third-order valence-electron chi connectivity index (χ3n) is 3.68. The van der Waals surface area contributed by atoms with Gasteiger partial charge in [0, 0.05) is 31.2 Å². The fourth-order valence-corrected chi connectivity index (χ4v) is 2.41. The van der Waals surface area contributed by atoms with Crippen LogP contribution in [0, 0.1) is 0 Å². The van der Waals surface area contributed by atoms with Crippen LogP contribution in [0.2, 0.25) is 0 Å². The van der Waals surface area contributed by atoms with E-state index in [1.54, 1.807) is 17.0 Å². The van der Waals surface area contributed by atoms with Crippen molar-refractivity contribution < 1.29 is 0 Å². The number of nitrogens with one attached hydrogen (secondary N) is 1. The highest BCUT2D eigenvalue weighted by molar-refractivity contribution is 5.73. The maximum absolute atomic E-state index is 4.57. The van der Waals surface area contributed by atoms with Gasteiger partial charge in [-0.15, -0.1) is 10.2 Å². The van der Waals surface area contributed by atoms with Crippen molar-refractivity contribution in [2.24, 2.45) is 17.3 Å². The number of aromatic nitrogens is 5. The first kappa shape index (κ1) is 14.9. The van der Waals surface area contributed by atoms with Gasteiger partial charge in [-0.05, 0) is 12.1 Å². The molecule has 4 aromatic rings. The third-order valence-corrected chi connectivity index (χ3v) is 3.68. The molecule has 0 saturated heterocycles. The Hall–Kier alpha value is -3.61. The minimum absolute atomic E-state index is 0.495. The van der Waals surface area contributed by atoms with Crippen LogP contribution in [0.3, 0.4) is 0 Å². The normalized spacial score (nSPS) is 11.2. The molecule has 0 bridgehead atoms. The lowest BCUT2D eigenvalue weighted by molar-refractivity contribution is 0.891. The van der Waals surface area contributed by atoms with Crippen LogP contribution in [-0.2, 0) is 7.05 Å². The second-order valence-electron chi connectivity index (χ2n) is 5.40. The fraction of sp³-hybridized carbons (Fsp3) is 0.0556. The zero-order valence-electron chi connectivity index (χ0n) is 13.5. The number of hydrogen-bond acceptors (Lipinski definition) is 5. The second-order valence-corrected chi connectivity index (χ2v) is 5.40. The van der Waals surface area contributed by atoms with E-state index in [0.717, 1.165) is 17.0 Å². The van der Waals surface area contributed by atoms with Crippen molar-refractivity contribution >= 4 is 11.8 Å². The second kappa shape index (κ2) is 6.48. The Balaban J connectivity index is 1.80. The molecule has 0 spiro atoms. The van der Waals surface area contributed by atoms with E-state index in [-0.39, 0.29) is 0 Å². The van der Waals surface area contributed by atoms with E-state index in [9.17, 15) is 0 Å². The number of H-pyrrole nitrogens is 1. The summed E-state index contributed by atoms with van der Waals surface area (Å²) in [6.07, 6.45) is 5.22. The molecule has 25 heavy (non-hydrogen) atoms. The van der Waals surface area contributed by atoms with Crippen LogP contribution in [0.15, 0.2) is 77.3 Å². The molecule has 0 radical (unpaired) electrons. The van der Waals surface area contributed by atoms with Crippen LogP contribution in [-0.4, -0.2) is 24.5 Å². The van der Waals surface area contributed by atoms with Gasteiger partial charge >= 0.3 is 0 Å². The smallest absolute Gasteiger partial charge is 0.249 e. The standard InChI is InChI=1S/C18H15N7/c1-25-12-11-20-18(25)24-23-17-15(13-7-3-2-4-8-13)21-16(22-17)14-9-5-6-10-19-14/h2-12H,1H3,(H,21,22)/b24-23+. The number of hydrogen-bond donors (Lipinski definition) is 1. The molecule has 0 aliphatic heterocycles. The van der Waals surface area contributed by atoms with Crippen molar-refractivity contribution in [3.05, 3.63) is 67.1 Å². The molecule has 0 saturated carbocycles. The number of pyridine rings is 1. The highest BCUT2D eigenvalue weighted by Gasteiger charge is 2.14. The molecule has 3 aromatic heterocycles. The molecule has 4 rings (SSSR count). The summed E-state index contributed by atoms with van der Waals surface area (Å²) in [6.45, 7) is 0. The molecule has 122 valence electrons. The Kier molecular flexibility index (Phi) is 3.88. The predicted molar refractivity (Wildman–Crippen MR) is 94.6 cm³/mol. The van der Waals surface area contributed by atoms with E-state index in [1.165, 1.54) is 0 Å². The van der Waals surface area contributed by atoms with Crippen LogP contribution in [0.5, 0.6) is 0 Å². The van der Waals surface area contributed by atoms with Crippen LogP contribution in [0.1, 0.15) is 0 Å². The van der Waals surface area contributed by atoms with Gasteiger partial charge in [-0.3, -0.25) is 4.98 Å². The van der Waals surface area contributed by atoms with E-state index in [0.29, 0.717) is 17.6 Å². The number of azo groups is 1. The summed E-state index contributed by atoms with van der Waals surface area (Å²) in [5, 5.41) is 8.51. The molecule has 0 aliphatic carbocycles. The summed E-state index contributed by atoms with van der Waals surface area (Å²) < 4.78 is 1.79. The molecule has 1 N–H and O–H groups in total. The topological polar surface area (TPSA) is 84.1 Å². The van der Waals surface area contributed by atoms with E-state index in [1.807, 2.05) is 61.8 Å². The zero-order valence-corrected chi connectivity index (χ0v) is 13.5. The van der Waals surface area contributed by atoms with Crippen molar-refractivity contribution in [2.75, 3.05) is 0 Å². The monoisotopic (exact) mass is 329 g/mol. The van der Waals surface area contributed by atoms with Crippen LogP contribution < -0.4 is 0 Å². The minimum atomic E-state index is 0.495. The Morgan fingerprint density at radius 2 is 1.76 bits per heavy atom. The third kappa shape index (κ3) is 3.07. The lowest BCUT2D eigenvalue weighted by Gasteiger charge is -1.98. The predicted octanol–water partition coefficient (Wildman–Crippen LogP) is 4.29. The van der Waals surface area contributed by atoms with Crippen molar-refractivity contribution in [2.45, 2.75) is 0 Å². The maximum atomic E-state index is 4.57. The molecule has 0 atom stereocenters. The molecule has 3 heterocycles. The summed E-state index contributed by atoms with van der Waals surface area (Å²) >= 11 is 0. The average molecular weight is 329 g/mol. The summed E-state index contributed by atoms with van der Waals surface area (Å²) in [6, 6.07) is 15.6. The van der Waals surface area contributed by atoms with Gasteiger partial charge in [0.25, 0.3) is 0 Å². The first-order chi connectivity index (χ1) is 12.3. The lowest BCUT2D eigenvalue weighted by atomic mass is 10.1. The Morgan fingerprint density at radius 3 is 2.48 bits per heavy atom. The van der Waals surface area contributed by atoms with Gasteiger partial charge in [-0.25, -0.2) is 9.97 Å². The number of aryl methyl sites for hydroxylation is 1. The van der Waals surface area contributed by atoms with Gasteiger partial charge < -0.3 is 9.55 Å². The van der Waals surface area contributed by atoms with E-state index in [2.05, 4.69) is 30.2 Å². The van der Waals surface area contributed by atoms with Gasteiger partial charge in [0.2, 0.25) is 11.8 Å². The Bertz CT molecular complexity index is 1000. The van der Waals surface area contributed by atoms with Crippen LogP contribution >= 0.6 is 0 Å². The number of nitrogens with zero attached hydrogens (tertiary/aromatic N) is 6. The van der Waals surface area contributed by atoms with Crippen molar-refractivity contribution in [3.8, 4) is 22.8 Å². The van der Waals surface area contributed by atoms with Gasteiger partial charge in [0.15, 0.2) is 5.82 Å². The molecule has 0 fully saturated rings. The number of rotatable bonds is 4. The molecule has 7 nitrogen and oxygen atoms in total. The van der Waals surface area contributed by atoms with Gasteiger partial charge in [0.1, 0.15) is 5.69 Å². The average Bonchev–Trinajstić information content (AvgIpc) is 3.27. The zero-order chi connectivity index (χ0) is 17.1. The molecule has 1 aromatic carbocycles. The largest absolute Gasteiger partial charge is 0.335 e. The SMILES string of the molecule is Cn1ccnc1/N=N/c1nc(-c2ccccn2)[nH]c1-c1ccccc1. The quantitative estimate of drug-likeness (QED) is 0.567. The summed E-state index contributed by atoms with van der Waals surface area (Å²) in [4.78, 5) is 16.4. The Morgan fingerprint density at radius 1 is 0.920 bits per heavy atom. The highest BCUT2D eigenvalue weighted by atomic mass is 15.3. The molecule has 7 heteroatoms. The van der Waals surface area contributed by atoms with Gasteiger partial charge in [0.05, 0.1) is 5.69 Å². The summed E-state index contributed by atoms with van der Waals surface area (Å²) in [5.74, 6) is 1.66. The minimum Gasteiger partial charge on any atom is -0.335 e. The molecule has 0 aliphatic rings. The van der Waals surface area contributed by atoms with Crippen LogP contribution in [0.4, 0.5) is 11.8 Å².